The molecular formula is C20H30N2O2. The third-order valence-corrected chi connectivity index (χ3v) is 6.39. The molecule has 1 aromatic rings. The van der Waals surface area contributed by atoms with E-state index in [1.54, 1.807) is 5.56 Å². The van der Waals surface area contributed by atoms with Gasteiger partial charge in [-0.25, -0.2) is 0 Å². The van der Waals surface area contributed by atoms with E-state index in [4.69, 9.17) is 9.47 Å². The van der Waals surface area contributed by atoms with Gasteiger partial charge in [-0.1, -0.05) is 6.07 Å². The van der Waals surface area contributed by atoms with E-state index >= 15 is 0 Å². The molecule has 0 atom stereocenters. The van der Waals surface area contributed by atoms with Crippen molar-refractivity contribution in [3.63, 3.8) is 0 Å². The summed E-state index contributed by atoms with van der Waals surface area (Å²) in [6, 6.07) is 4.70. The predicted molar refractivity (Wildman–Crippen MR) is 95.7 cm³/mol. The van der Waals surface area contributed by atoms with Crippen LogP contribution in [0.4, 0.5) is 0 Å². The molecule has 24 heavy (non-hydrogen) atoms. The van der Waals surface area contributed by atoms with Crippen LogP contribution in [0.25, 0.3) is 0 Å². The summed E-state index contributed by atoms with van der Waals surface area (Å²) >= 11 is 0. The zero-order valence-electron chi connectivity index (χ0n) is 15.1. The maximum Gasteiger partial charge on any atom is 0.123 e. The van der Waals surface area contributed by atoms with Crippen molar-refractivity contribution in [3.8, 4) is 5.75 Å². The quantitative estimate of drug-likeness (QED) is 0.850. The fraction of sp³-hybridized carbons (Fsp3) is 0.700. The lowest BCUT2D eigenvalue weighted by Gasteiger charge is -2.51. The monoisotopic (exact) mass is 330 g/mol. The largest absolute Gasteiger partial charge is 0.496 e. The van der Waals surface area contributed by atoms with Crippen LogP contribution in [0, 0.1) is 0 Å². The van der Waals surface area contributed by atoms with Crippen molar-refractivity contribution in [1.82, 2.24) is 9.80 Å². The van der Waals surface area contributed by atoms with Crippen LogP contribution >= 0.6 is 0 Å². The lowest BCUT2D eigenvalue weighted by atomic mass is 9.85. The normalized spacial score (nSPS) is 24.2. The number of benzene rings is 1. The van der Waals surface area contributed by atoms with Crippen LogP contribution in [0.1, 0.15) is 36.0 Å². The van der Waals surface area contributed by atoms with Crippen molar-refractivity contribution in [3.05, 3.63) is 28.8 Å². The molecule has 0 amide bonds. The molecule has 0 saturated carbocycles. The Bertz CT molecular complexity index is 596. The lowest BCUT2D eigenvalue weighted by molar-refractivity contribution is -0.0626. The van der Waals surface area contributed by atoms with E-state index < -0.39 is 0 Å². The van der Waals surface area contributed by atoms with Gasteiger partial charge in [-0.2, -0.15) is 0 Å². The molecule has 0 N–H and O–H groups in total. The van der Waals surface area contributed by atoms with Gasteiger partial charge >= 0.3 is 0 Å². The maximum atomic E-state index is 5.71. The first-order valence-electron chi connectivity index (χ1n) is 9.40. The molecule has 0 bridgehead atoms. The third-order valence-electron chi connectivity index (χ3n) is 6.39. The number of fused-ring (bicyclic) bond motifs is 1. The van der Waals surface area contributed by atoms with E-state index in [1.807, 2.05) is 7.11 Å². The summed E-state index contributed by atoms with van der Waals surface area (Å²) in [5.74, 6) is 1.08. The molecule has 2 heterocycles. The van der Waals surface area contributed by atoms with Crippen molar-refractivity contribution in [2.24, 2.45) is 0 Å². The first-order chi connectivity index (χ1) is 11.7. The number of hydrogen-bond acceptors (Lipinski definition) is 4. The summed E-state index contributed by atoms with van der Waals surface area (Å²) in [5, 5.41) is 0. The highest BCUT2D eigenvalue weighted by atomic mass is 16.5. The summed E-state index contributed by atoms with van der Waals surface area (Å²) in [6.45, 7) is 6.24. The molecule has 2 saturated heterocycles. The Balaban J connectivity index is 1.53. The average molecular weight is 330 g/mol. The van der Waals surface area contributed by atoms with Gasteiger partial charge in [0.15, 0.2) is 0 Å². The van der Waals surface area contributed by atoms with E-state index in [0.29, 0.717) is 5.54 Å². The molecule has 3 aliphatic rings. The molecule has 0 aromatic heterocycles. The van der Waals surface area contributed by atoms with Crippen LogP contribution in [-0.2, 0) is 24.1 Å². The Kier molecular flexibility index (Phi) is 4.54. The second-order valence-electron chi connectivity index (χ2n) is 7.76. The molecule has 2 aliphatic heterocycles. The van der Waals surface area contributed by atoms with Crippen LogP contribution in [-0.4, -0.2) is 62.3 Å². The Labute approximate surface area is 145 Å². The number of methoxy groups -OCH3 is 1. The zero-order valence-corrected chi connectivity index (χ0v) is 15.1. The van der Waals surface area contributed by atoms with Crippen molar-refractivity contribution in [1.29, 1.82) is 0 Å². The molecule has 4 heteroatoms. The van der Waals surface area contributed by atoms with Crippen LogP contribution in [0.3, 0.4) is 0 Å². The minimum atomic E-state index is 0.306. The van der Waals surface area contributed by atoms with Crippen molar-refractivity contribution < 1.29 is 9.47 Å². The SMILES string of the molecule is COc1cc2c(cc1CN1CCN(C)C3(CCOCC3)C1)CCC2. The van der Waals surface area contributed by atoms with Gasteiger partial charge in [0.05, 0.1) is 7.11 Å². The van der Waals surface area contributed by atoms with Gasteiger partial charge in [-0.15, -0.1) is 0 Å². The maximum absolute atomic E-state index is 5.71. The van der Waals surface area contributed by atoms with Gasteiger partial charge < -0.3 is 9.47 Å². The highest BCUT2D eigenvalue weighted by Crippen LogP contribution is 2.34. The Hall–Kier alpha value is -1.10. The molecule has 132 valence electrons. The number of piperazine rings is 1. The second-order valence-corrected chi connectivity index (χ2v) is 7.76. The minimum absolute atomic E-state index is 0.306. The third kappa shape index (κ3) is 2.96. The summed E-state index contributed by atoms with van der Waals surface area (Å²) < 4.78 is 11.3. The highest BCUT2D eigenvalue weighted by Gasteiger charge is 2.41. The first kappa shape index (κ1) is 16.4. The Morgan fingerprint density at radius 2 is 1.88 bits per heavy atom. The standard InChI is InChI=1S/C20H30N2O2/c1-21-8-9-22(15-20(21)6-10-24-11-7-20)14-18-12-16-4-3-5-17(16)13-19(18)23-2/h12-13H,3-11,14-15H2,1-2H3. The lowest BCUT2D eigenvalue weighted by Crippen LogP contribution is -2.62. The molecule has 1 aromatic carbocycles. The number of ether oxygens (including phenoxy) is 2. The topological polar surface area (TPSA) is 24.9 Å². The number of rotatable bonds is 3. The smallest absolute Gasteiger partial charge is 0.123 e. The van der Waals surface area contributed by atoms with Gasteiger partial charge in [0.1, 0.15) is 5.75 Å². The van der Waals surface area contributed by atoms with Crippen LogP contribution < -0.4 is 4.74 Å². The van der Waals surface area contributed by atoms with Crippen LogP contribution in [0.2, 0.25) is 0 Å². The van der Waals surface area contributed by atoms with Gasteiger partial charge in [-0.3, -0.25) is 9.80 Å². The summed E-state index contributed by atoms with van der Waals surface area (Å²) in [7, 11) is 4.10. The molecular weight excluding hydrogens is 300 g/mol. The van der Waals surface area contributed by atoms with Gasteiger partial charge in [-0.05, 0) is 56.3 Å². The molecule has 0 unspecified atom stereocenters. The van der Waals surface area contributed by atoms with Gasteiger partial charge in [0.25, 0.3) is 0 Å². The predicted octanol–water partition coefficient (Wildman–Crippen LogP) is 2.48. The van der Waals surface area contributed by atoms with Crippen molar-refractivity contribution in [2.75, 3.05) is 47.0 Å². The van der Waals surface area contributed by atoms with E-state index in [0.717, 1.165) is 58.0 Å². The van der Waals surface area contributed by atoms with Gasteiger partial charge in [0.2, 0.25) is 0 Å². The zero-order chi connectivity index (χ0) is 16.6. The highest BCUT2D eigenvalue weighted by molar-refractivity contribution is 5.44. The number of nitrogens with zero attached hydrogens (tertiary/aromatic N) is 2. The summed E-state index contributed by atoms with van der Waals surface area (Å²) in [4.78, 5) is 5.20. The molecule has 4 nitrogen and oxygen atoms in total. The Morgan fingerprint density at radius 3 is 2.62 bits per heavy atom. The van der Waals surface area contributed by atoms with E-state index in [9.17, 15) is 0 Å². The molecule has 4 rings (SSSR count). The van der Waals surface area contributed by atoms with E-state index in [2.05, 4.69) is 29.0 Å². The summed E-state index contributed by atoms with van der Waals surface area (Å²) in [5.41, 5.74) is 4.71. The molecule has 2 fully saturated rings. The number of hydrogen-bond donors (Lipinski definition) is 0. The first-order valence-corrected chi connectivity index (χ1v) is 9.40. The summed E-state index contributed by atoms with van der Waals surface area (Å²) in [6.07, 6.45) is 6.04. The van der Waals surface area contributed by atoms with Crippen molar-refractivity contribution in [2.45, 2.75) is 44.2 Å². The number of likely N-dealkylation sites (N-methyl/N-ethyl adjacent to an activating group) is 1. The van der Waals surface area contributed by atoms with E-state index in [1.165, 1.54) is 30.4 Å². The van der Waals surface area contributed by atoms with E-state index in [-0.39, 0.29) is 0 Å². The molecule has 1 aliphatic carbocycles. The van der Waals surface area contributed by atoms with Gasteiger partial charge in [0, 0.05) is 50.5 Å². The average Bonchev–Trinajstić information content (AvgIpc) is 3.05. The fourth-order valence-electron chi connectivity index (χ4n) is 4.78. The fourth-order valence-corrected chi connectivity index (χ4v) is 4.78. The number of aryl methyl sites for hydroxylation is 2. The minimum Gasteiger partial charge on any atom is -0.496 e. The van der Waals surface area contributed by atoms with Crippen LogP contribution in [0.5, 0.6) is 5.75 Å². The van der Waals surface area contributed by atoms with Crippen LogP contribution in [0.15, 0.2) is 12.1 Å². The second kappa shape index (κ2) is 6.66. The van der Waals surface area contributed by atoms with Crippen molar-refractivity contribution >= 4 is 0 Å². The Morgan fingerprint density at radius 1 is 1.12 bits per heavy atom. The molecule has 1 spiro atoms. The molecule has 0 radical (unpaired) electrons.